The second-order valence-corrected chi connectivity index (χ2v) is 4.60. The smallest absolute Gasteiger partial charge is 0.0793 e. The molecule has 1 unspecified atom stereocenters. The fourth-order valence-electron chi connectivity index (χ4n) is 1.80. The van der Waals surface area contributed by atoms with E-state index in [0.717, 1.165) is 6.54 Å². The first-order valence-electron chi connectivity index (χ1n) is 5.63. The number of rotatable bonds is 6. The molecule has 16 heavy (non-hydrogen) atoms. The highest BCUT2D eigenvalue weighted by molar-refractivity contribution is 5.14. The van der Waals surface area contributed by atoms with E-state index < -0.39 is 0 Å². The maximum atomic E-state index is 9.78. The summed E-state index contributed by atoms with van der Waals surface area (Å²) in [6.07, 6.45) is -0.288. The lowest BCUT2D eigenvalue weighted by Crippen LogP contribution is -2.35. The monoisotopic (exact) mass is 222 g/mol. The maximum Gasteiger partial charge on any atom is 0.0793 e. The molecule has 1 N–H and O–H groups in total. The first-order valence-corrected chi connectivity index (χ1v) is 5.63. The van der Waals surface area contributed by atoms with Gasteiger partial charge < -0.3 is 10.0 Å². The van der Waals surface area contributed by atoms with Gasteiger partial charge in [0.25, 0.3) is 0 Å². The third-order valence-corrected chi connectivity index (χ3v) is 2.39. The molecule has 0 saturated heterocycles. The average Bonchev–Trinajstić information content (AvgIpc) is 2.17. The van der Waals surface area contributed by atoms with Gasteiger partial charge in [0.05, 0.1) is 6.10 Å². The van der Waals surface area contributed by atoms with Gasteiger partial charge in [-0.2, -0.15) is 0 Å². The molecule has 0 aliphatic rings. The predicted octanol–water partition coefficient (Wildman–Crippen LogP) is 1.04. The second-order valence-electron chi connectivity index (χ2n) is 4.60. The fourth-order valence-corrected chi connectivity index (χ4v) is 1.80. The lowest BCUT2D eigenvalue weighted by Gasteiger charge is -2.22. The summed E-state index contributed by atoms with van der Waals surface area (Å²) in [4.78, 5) is 4.14. The van der Waals surface area contributed by atoms with E-state index in [9.17, 15) is 5.11 Å². The van der Waals surface area contributed by atoms with Crippen molar-refractivity contribution in [2.24, 2.45) is 0 Å². The zero-order valence-electron chi connectivity index (χ0n) is 10.4. The zero-order valence-corrected chi connectivity index (χ0v) is 10.4. The number of hydrogen-bond donors (Lipinski definition) is 1. The SMILES string of the molecule is CN(C)CC(O)CN(C)Cc1ccccc1. The molecule has 1 aromatic rings. The van der Waals surface area contributed by atoms with Crippen LogP contribution < -0.4 is 0 Å². The standard InChI is InChI=1S/C13H22N2O/c1-14(2)10-13(16)11-15(3)9-12-7-5-4-6-8-12/h4-8,13,16H,9-11H2,1-3H3. The molecule has 0 aliphatic carbocycles. The molecule has 0 spiro atoms. The van der Waals surface area contributed by atoms with Crippen molar-refractivity contribution in [1.82, 2.24) is 9.80 Å². The Morgan fingerprint density at radius 2 is 1.69 bits per heavy atom. The van der Waals surface area contributed by atoms with Gasteiger partial charge in [-0.3, -0.25) is 4.90 Å². The van der Waals surface area contributed by atoms with Crippen molar-refractivity contribution >= 4 is 0 Å². The third-order valence-electron chi connectivity index (χ3n) is 2.39. The summed E-state index contributed by atoms with van der Waals surface area (Å²) in [6, 6.07) is 10.3. The van der Waals surface area contributed by atoms with Crippen LogP contribution >= 0.6 is 0 Å². The lowest BCUT2D eigenvalue weighted by atomic mass is 10.2. The molecule has 0 amide bonds. The topological polar surface area (TPSA) is 26.7 Å². The third kappa shape index (κ3) is 5.26. The summed E-state index contributed by atoms with van der Waals surface area (Å²) in [5.74, 6) is 0. The number of benzene rings is 1. The highest BCUT2D eigenvalue weighted by Crippen LogP contribution is 2.03. The molecule has 0 saturated carbocycles. The summed E-state index contributed by atoms with van der Waals surface area (Å²) in [6.45, 7) is 2.29. The van der Waals surface area contributed by atoms with Crippen molar-refractivity contribution < 1.29 is 5.11 Å². The van der Waals surface area contributed by atoms with Gasteiger partial charge in [-0.25, -0.2) is 0 Å². The number of aliphatic hydroxyl groups is 1. The quantitative estimate of drug-likeness (QED) is 0.779. The van der Waals surface area contributed by atoms with Crippen LogP contribution in [0.2, 0.25) is 0 Å². The summed E-state index contributed by atoms with van der Waals surface area (Å²) in [7, 11) is 5.98. The van der Waals surface area contributed by atoms with Gasteiger partial charge in [0, 0.05) is 19.6 Å². The van der Waals surface area contributed by atoms with E-state index in [0.29, 0.717) is 13.1 Å². The highest BCUT2D eigenvalue weighted by Gasteiger charge is 2.09. The van der Waals surface area contributed by atoms with Gasteiger partial charge >= 0.3 is 0 Å². The molecule has 0 fully saturated rings. The Bertz CT molecular complexity index is 287. The fraction of sp³-hybridized carbons (Fsp3) is 0.538. The molecule has 0 bridgehead atoms. The lowest BCUT2D eigenvalue weighted by molar-refractivity contribution is 0.0964. The largest absolute Gasteiger partial charge is 0.390 e. The Morgan fingerprint density at radius 1 is 1.06 bits per heavy atom. The van der Waals surface area contributed by atoms with Crippen LogP contribution in [0.5, 0.6) is 0 Å². The molecule has 1 atom stereocenters. The minimum atomic E-state index is -0.288. The number of aliphatic hydroxyl groups excluding tert-OH is 1. The van der Waals surface area contributed by atoms with Crippen molar-refractivity contribution in [3.63, 3.8) is 0 Å². The Morgan fingerprint density at radius 3 is 2.25 bits per heavy atom. The molecule has 1 rings (SSSR count). The summed E-state index contributed by atoms with van der Waals surface area (Å²) in [5.41, 5.74) is 1.28. The maximum absolute atomic E-state index is 9.78. The Kier molecular flexibility index (Phi) is 5.46. The van der Waals surface area contributed by atoms with E-state index in [1.54, 1.807) is 0 Å². The first kappa shape index (κ1) is 13.2. The van der Waals surface area contributed by atoms with E-state index >= 15 is 0 Å². The van der Waals surface area contributed by atoms with Gasteiger partial charge in [-0.15, -0.1) is 0 Å². The number of nitrogens with zero attached hydrogens (tertiary/aromatic N) is 2. The Hall–Kier alpha value is -0.900. The van der Waals surface area contributed by atoms with Crippen molar-refractivity contribution in [3.05, 3.63) is 35.9 Å². The van der Waals surface area contributed by atoms with Crippen molar-refractivity contribution in [3.8, 4) is 0 Å². The van der Waals surface area contributed by atoms with Gasteiger partial charge in [0.1, 0.15) is 0 Å². The second kappa shape index (κ2) is 6.63. The summed E-state index contributed by atoms with van der Waals surface area (Å²) in [5, 5.41) is 9.78. The summed E-state index contributed by atoms with van der Waals surface area (Å²) >= 11 is 0. The minimum Gasteiger partial charge on any atom is -0.390 e. The minimum absolute atomic E-state index is 0.288. The van der Waals surface area contributed by atoms with E-state index in [1.165, 1.54) is 5.56 Å². The van der Waals surface area contributed by atoms with Crippen molar-refractivity contribution in [1.29, 1.82) is 0 Å². The van der Waals surface area contributed by atoms with E-state index in [1.807, 2.05) is 44.2 Å². The van der Waals surface area contributed by atoms with Crippen molar-refractivity contribution in [2.75, 3.05) is 34.2 Å². The van der Waals surface area contributed by atoms with Crippen LogP contribution in [-0.2, 0) is 6.54 Å². The molecule has 0 heterocycles. The van der Waals surface area contributed by atoms with Crippen molar-refractivity contribution in [2.45, 2.75) is 12.6 Å². The molecule has 1 aromatic carbocycles. The highest BCUT2D eigenvalue weighted by atomic mass is 16.3. The van der Waals surface area contributed by atoms with Crippen LogP contribution in [-0.4, -0.2) is 55.2 Å². The Labute approximate surface area is 98.3 Å². The van der Waals surface area contributed by atoms with Crippen LogP contribution in [0.1, 0.15) is 5.56 Å². The molecule has 0 aromatic heterocycles. The zero-order chi connectivity index (χ0) is 12.0. The van der Waals surface area contributed by atoms with Crippen LogP contribution in [0.25, 0.3) is 0 Å². The van der Waals surface area contributed by atoms with Crippen LogP contribution in [0.3, 0.4) is 0 Å². The normalized spacial score (nSPS) is 13.4. The first-order chi connectivity index (χ1) is 7.58. The average molecular weight is 222 g/mol. The van der Waals surface area contributed by atoms with E-state index in [-0.39, 0.29) is 6.10 Å². The predicted molar refractivity (Wildman–Crippen MR) is 67.3 cm³/mol. The molecule has 3 nitrogen and oxygen atoms in total. The molecule has 90 valence electrons. The van der Waals surface area contributed by atoms with Gasteiger partial charge in [0.2, 0.25) is 0 Å². The molecule has 0 aliphatic heterocycles. The van der Waals surface area contributed by atoms with Crippen LogP contribution in [0, 0.1) is 0 Å². The number of likely N-dealkylation sites (N-methyl/N-ethyl adjacent to an activating group) is 2. The van der Waals surface area contributed by atoms with Gasteiger partial charge in [-0.1, -0.05) is 30.3 Å². The molecule has 3 heteroatoms. The molecule has 0 radical (unpaired) electrons. The van der Waals surface area contributed by atoms with Crippen LogP contribution in [0.15, 0.2) is 30.3 Å². The molecular weight excluding hydrogens is 200 g/mol. The van der Waals surface area contributed by atoms with Gasteiger partial charge in [-0.05, 0) is 26.7 Å². The van der Waals surface area contributed by atoms with E-state index in [2.05, 4.69) is 17.0 Å². The van der Waals surface area contributed by atoms with E-state index in [4.69, 9.17) is 0 Å². The van der Waals surface area contributed by atoms with Crippen LogP contribution in [0.4, 0.5) is 0 Å². The summed E-state index contributed by atoms with van der Waals surface area (Å²) < 4.78 is 0. The Balaban J connectivity index is 2.33. The molecular formula is C13H22N2O. The number of hydrogen-bond acceptors (Lipinski definition) is 3. The van der Waals surface area contributed by atoms with Gasteiger partial charge in [0.15, 0.2) is 0 Å².